The largest absolute Gasteiger partial charge is 0.449 e. The van der Waals surface area contributed by atoms with Crippen LogP contribution in [-0.4, -0.2) is 42.0 Å². The molecule has 0 spiro atoms. The van der Waals surface area contributed by atoms with Gasteiger partial charge in [0, 0.05) is 37.9 Å². The van der Waals surface area contributed by atoms with E-state index in [1.165, 1.54) is 0 Å². The Morgan fingerprint density at radius 2 is 1.88 bits per heavy atom. The summed E-state index contributed by atoms with van der Waals surface area (Å²) in [6.07, 6.45) is 0. The molecule has 0 bridgehead atoms. The number of anilines is 1. The van der Waals surface area contributed by atoms with Crippen molar-refractivity contribution in [2.24, 2.45) is 0 Å². The number of aryl methyl sites for hydroxylation is 1. The predicted octanol–water partition coefficient (Wildman–Crippen LogP) is 3.75. The molecular weight excluding hydrogens is 338 g/mol. The lowest BCUT2D eigenvalue weighted by Crippen LogP contribution is -2.48. The molecule has 1 aromatic carbocycles. The highest BCUT2D eigenvalue weighted by Gasteiger charge is 2.25. The Kier molecular flexibility index (Phi) is 4.09. The molecule has 25 heavy (non-hydrogen) atoms. The number of halogens is 1. The second-order valence-corrected chi connectivity index (χ2v) is 6.58. The predicted molar refractivity (Wildman–Crippen MR) is 98.3 cm³/mol. The van der Waals surface area contributed by atoms with E-state index in [9.17, 15) is 4.79 Å². The first-order chi connectivity index (χ1) is 12.1. The van der Waals surface area contributed by atoms with Gasteiger partial charge in [-0.05, 0) is 31.2 Å². The smallest absolute Gasteiger partial charge is 0.289 e. The van der Waals surface area contributed by atoms with Crippen molar-refractivity contribution >= 4 is 34.3 Å². The number of piperazine rings is 1. The van der Waals surface area contributed by atoms with Gasteiger partial charge in [0.05, 0.1) is 10.7 Å². The summed E-state index contributed by atoms with van der Waals surface area (Å²) in [4.78, 5) is 21.1. The van der Waals surface area contributed by atoms with Gasteiger partial charge < -0.3 is 14.2 Å². The fourth-order valence-corrected chi connectivity index (χ4v) is 3.40. The number of rotatable bonds is 2. The molecule has 0 N–H and O–H groups in total. The number of nitrogens with zero attached hydrogens (tertiary/aromatic N) is 3. The summed E-state index contributed by atoms with van der Waals surface area (Å²) in [5.74, 6) is 0.258. The van der Waals surface area contributed by atoms with E-state index in [1.54, 1.807) is 6.07 Å². The van der Waals surface area contributed by atoms with Crippen LogP contribution in [0.4, 0.5) is 5.69 Å². The van der Waals surface area contributed by atoms with Crippen molar-refractivity contribution in [1.29, 1.82) is 0 Å². The van der Waals surface area contributed by atoms with Crippen LogP contribution >= 0.6 is 11.6 Å². The fourth-order valence-electron chi connectivity index (χ4n) is 3.15. The second-order valence-electron chi connectivity index (χ2n) is 6.18. The molecule has 6 heteroatoms. The molecule has 2 aromatic heterocycles. The highest BCUT2D eigenvalue weighted by atomic mass is 35.5. The number of furan rings is 1. The Labute approximate surface area is 150 Å². The number of fused-ring (bicyclic) bond motifs is 1. The number of hydrogen-bond donors (Lipinski definition) is 0. The summed E-state index contributed by atoms with van der Waals surface area (Å²) in [6.45, 7) is 4.67. The average molecular weight is 356 g/mol. The van der Waals surface area contributed by atoms with Gasteiger partial charge in [0.15, 0.2) is 11.3 Å². The number of aromatic nitrogens is 1. The Bertz CT molecular complexity index is 929. The third kappa shape index (κ3) is 3.07. The molecule has 1 amide bonds. The van der Waals surface area contributed by atoms with Gasteiger partial charge in [-0.25, -0.2) is 4.98 Å². The van der Waals surface area contributed by atoms with Crippen LogP contribution in [-0.2, 0) is 0 Å². The first-order valence-corrected chi connectivity index (χ1v) is 8.65. The summed E-state index contributed by atoms with van der Waals surface area (Å²) in [5, 5.41) is 0.737. The second kappa shape index (κ2) is 6.41. The molecule has 1 fully saturated rings. The first kappa shape index (κ1) is 16.0. The van der Waals surface area contributed by atoms with Gasteiger partial charge in [-0.1, -0.05) is 23.7 Å². The molecule has 1 aliphatic rings. The number of amides is 1. The van der Waals surface area contributed by atoms with Crippen LogP contribution in [0.25, 0.3) is 11.1 Å². The van der Waals surface area contributed by atoms with E-state index in [0.29, 0.717) is 24.4 Å². The van der Waals surface area contributed by atoms with Crippen LogP contribution in [0.3, 0.4) is 0 Å². The lowest BCUT2D eigenvalue weighted by Gasteiger charge is -2.36. The number of carbonyl (C=O) groups excluding carboxylic acids is 1. The third-order valence-corrected chi connectivity index (χ3v) is 4.80. The van der Waals surface area contributed by atoms with Crippen LogP contribution in [0.15, 0.2) is 46.9 Å². The maximum atomic E-state index is 12.7. The van der Waals surface area contributed by atoms with Crippen molar-refractivity contribution in [2.45, 2.75) is 6.92 Å². The Morgan fingerprint density at radius 1 is 1.12 bits per heavy atom. The van der Waals surface area contributed by atoms with Crippen molar-refractivity contribution in [1.82, 2.24) is 9.88 Å². The van der Waals surface area contributed by atoms with Gasteiger partial charge in [0.1, 0.15) is 5.52 Å². The molecule has 1 aliphatic heterocycles. The Morgan fingerprint density at radius 3 is 2.64 bits per heavy atom. The number of para-hydroxylation sites is 1. The molecule has 0 unspecified atom stereocenters. The molecule has 4 rings (SSSR count). The van der Waals surface area contributed by atoms with E-state index in [-0.39, 0.29) is 5.91 Å². The van der Waals surface area contributed by atoms with Gasteiger partial charge in [0.2, 0.25) is 0 Å². The minimum Gasteiger partial charge on any atom is -0.449 e. The van der Waals surface area contributed by atoms with Crippen LogP contribution in [0.1, 0.15) is 16.2 Å². The minimum absolute atomic E-state index is 0.0885. The Balaban J connectivity index is 1.48. The zero-order valence-corrected chi connectivity index (χ0v) is 14.7. The van der Waals surface area contributed by atoms with Crippen LogP contribution in [0.5, 0.6) is 0 Å². The average Bonchev–Trinajstić information content (AvgIpc) is 3.05. The quantitative estimate of drug-likeness (QED) is 0.702. The van der Waals surface area contributed by atoms with Gasteiger partial charge in [-0.15, -0.1) is 0 Å². The molecule has 128 valence electrons. The highest BCUT2D eigenvalue weighted by Crippen LogP contribution is 2.26. The van der Waals surface area contributed by atoms with Gasteiger partial charge in [-0.3, -0.25) is 4.79 Å². The molecule has 3 heterocycles. The number of carbonyl (C=O) groups is 1. The van der Waals surface area contributed by atoms with Gasteiger partial charge >= 0.3 is 0 Å². The van der Waals surface area contributed by atoms with Gasteiger partial charge in [0.25, 0.3) is 5.91 Å². The molecule has 0 saturated carbocycles. The molecule has 1 saturated heterocycles. The summed E-state index contributed by atoms with van der Waals surface area (Å²) >= 11 is 6.27. The van der Waals surface area contributed by atoms with E-state index < -0.39 is 0 Å². The fraction of sp³-hybridized carbons (Fsp3) is 0.263. The van der Waals surface area contributed by atoms with Crippen LogP contribution in [0, 0.1) is 6.92 Å². The standard InChI is InChI=1S/C19H18ClN3O2/c1-13-6-7-17-15(21-13)12-18(25-17)19(24)23-10-8-22(9-11-23)16-5-3-2-4-14(16)20/h2-7,12H,8-11H2,1H3. The van der Waals surface area contributed by atoms with Crippen molar-refractivity contribution in [3.8, 4) is 0 Å². The van der Waals surface area contributed by atoms with Crippen LogP contribution < -0.4 is 4.90 Å². The number of pyridine rings is 1. The van der Waals surface area contributed by atoms with Crippen molar-refractivity contribution in [2.75, 3.05) is 31.1 Å². The van der Waals surface area contributed by atoms with E-state index >= 15 is 0 Å². The van der Waals surface area contributed by atoms with E-state index in [1.807, 2.05) is 48.2 Å². The number of benzene rings is 1. The van der Waals surface area contributed by atoms with Crippen molar-refractivity contribution < 1.29 is 9.21 Å². The van der Waals surface area contributed by atoms with E-state index in [0.717, 1.165) is 35.0 Å². The van der Waals surface area contributed by atoms with Gasteiger partial charge in [-0.2, -0.15) is 0 Å². The van der Waals surface area contributed by atoms with E-state index in [4.69, 9.17) is 16.0 Å². The SMILES string of the molecule is Cc1ccc2oc(C(=O)N3CCN(c4ccccc4Cl)CC3)cc2n1. The molecule has 0 radical (unpaired) electrons. The number of hydrogen-bond acceptors (Lipinski definition) is 4. The summed E-state index contributed by atoms with van der Waals surface area (Å²) in [5.41, 5.74) is 3.28. The van der Waals surface area contributed by atoms with E-state index in [2.05, 4.69) is 9.88 Å². The lowest BCUT2D eigenvalue weighted by atomic mass is 10.2. The summed E-state index contributed by atoms with van der Waals surface area (Å²) in [7, 11) is 0. The third-order valence-electron chi connectivity index (χ3n) is 4.48. The highest BCUT2D eigenvalue weighted by molar-refractivity contribution is 6.33. The maximum absolute atomic E-state index is 12.7. The zero-order valence-electron chi connectivity index (χ0n) is 13.9. The minimum atomic E-state index is -0.0885. The van der Waals surface area contributed by atoms with Crippen LogP contribution in [0.2, 0.25) is 5.02 Å². The lowest BCUT2D eigenvalue weighted by molar-refractivity contribution is 0.0717. The topological polar surface area (TPSA) is 49.6 Å². The zero-order chi connectivity index (χ0) is 17.4. The Hall–Kier alpha value is -2.53. The maximum Gasteiger partial charge on any atom is 0.289 e. The molecule has 0 aliphatic carbocycles. The van der Waals surface area contributed by atoms with Crippen molar-refractivity contribution in [3.05, 3.63) is 58.9 Å². The normalized spacial score (nSPS) is 15.0. The molecule has 3 aromatic rings. The first-order valence-electron chi connectivity index (χ1n) is 8.28. The molecule has 5 nitrogen and oxygen atoms in total. The summed E-state index contributed by atoms with van der Waals surface area (Å²) in [6, 6.07) is 13.2. The van der Waals surface area contributed by atoms with Crippen molar-refractivity contribution in [3.63, 3.8) is 0 Å². The molecule has 0 atom stereocenters. The monoisotopic (exact) mass is 355 g/mol. The molecular formula is C19H18ClN3O2. The summed E-state index contributed by atoms with van der Waals surface area (Å²) < 4.78 is 5.68.